The van der Waals surface area contributed by atoms with Crippen molar-refractivity contribution in [2.24, 2.45) is 0 Å². The number of nitriles is 1. The fourth-order valence-corrected chi connectivity index (χ4v) is 2.70. The Bertz CT molecular complexity index is 421. The Morgan fingerprint density at radius 2 is 2.06 bits per heavy atom. The van der Waals surface area contributed by atoms with Gasteiger partial charge >= 0.3 is 0 Å². The topological polar surface area (TPSA) is 102 Å². The van der Waals surface area contributed by atoms with Crippen LogP contribution in [0.15, 0.2) is 0 Å². The van der Waals surface area contributed by atoms with Crippen LogP contribution in [0.25, 0.3) is 0 Å². The Morgan fingerprint density at radius 3 is 2.56 bits per heavy atom. The van der Waals surface area contributed by atoms with Crippen LogP contribution in [-0.4, -0.2) is 57.1 Å². The SMILES string of the molecule is CS(=O)(=O)N1CCC(NCC(=O)NCC#N)CC1. The third kappa shape index (κ3) is 5.00. The molecule has 0 radical (unpaired) electrons. The lowest BCUT2D eigenvalue weighted by Crippen LogP contribution is -2.47. The van der Waals surface area contributed by atoms with Crippen LogP contribution in [-0.2, 0) is 14.8 Å². The van der Waals surface area contributed by atoms with Gasteiger partial charge in [-0.05, 0) is 12.8 Å². The molecule has 1 fully saturated rings. The number of carbonyl (C=O) groups excluding carboxylic acids is 1. The van der Waals surface area contributed by atoms with Crippen molar-refractivity contribution in [3.63, 3.8) is 0 Å². The summed E-state index contributed by atoms with van der Waals surface area (Å²) < 4.78 is 24.0. The van der Waals surface area contributed by atoms with Crippen molar-refractivity contribution in [2.75, 3.05) is 32.4 Å². The molecule has 7 nitrogen and oxygen atoms in total. The largest absolute Gasteiger partial charge is 0.342 e. The molecule has 1 amide bonds. The monoisotopic (exact) mass is 274 g/mol. The van der Waals surface area contributed by atoms with Crippen molar-refractivity contribution in [1.29, 1.82) is 5.26 Å². The van der Waals surface area contributed by atoms with Crippen LogP contribution in [0.4, 0.5) is 0 Å². The summed E-state index contributed by atoms with van der Waals surface area (Å²) in [6, 6.07) is 1.97. The summed E-state index contributed by atoms with van der Waals surface area (Å²) in [6.07, 6.45) is 2.59. The van der Waals surface area contributed by atoms with Gasteiger partial charge in [0.25, 0.3) is 0 Å². The molecule has 1 saturated heterocycles. The van der Waals surface area contributed by atoms with Crippen molar-refractivity contribution in [1.82, 2.24) is 14.9 Å². The molecule has 8 heteroatoms. The fourth-order valence-electron chi connectivity index (χ4n) is 1.83. The maximum atomic E-state index is 11.3. The first kappa shape index (κ1) is 14.9. The number of hydrogen-bond acceptors (Lipinski definition) is 5. The third-order valence-electron chi connectivity index (χ3n) is 2.84. The zero-order valence-corrected chi connectivity index (χ0v) is 11.2. The smallest absolute Gasteiger partial charge is 0.234 e. The second-order valence-corrected chi connectivity index (χ2v) is 6.23. The van der Waals surface area contributed by atoms with Crippen LogP contribution in [0, 0.1) is 11.3 Å². The van der Waals surface area contributed by atoms with Crippen molar-refractivity contribution in [3.05, 3.63) is 0 Å². The predicted molar refractivity (Wildman–Crippen MR) is 66.1 cm³/mol. The van der Waals surface area contributed by atoms with Crippen molar-refractivity contribution in [2.45, 2.75) is 18.9 Å². The minimum absolute atomic E-state index is 0.00698. The van der Waals surface area contributed by atoms with Gasteiger partial charge in [0, 0.05) is 19.1 Å². The molecule has 0 atom stereocenters. The molecule has 0 saturated carbocycles. The summed E-state index contributed by atoms with van der Waals surface area (Å²) in [5.74, 6) is -0.220. The molecule has 0 unspecified atom stereocenters. The van der Waals surface area contributed by atoms with E-state index in [4.69, 9.17) is 5.26 Å². The highest BCUT2D eigenvalue weighted by molar-refractivity contribution is 7.88. The molecule has 1 heterocycles. The molecule has 0 aromatic heterocycles. The predicted octanol–water partition coefficient (Wildman–Crippen LogP) is -1.36. The highest BCUT2D eigenvalue weighted by Gasteiger charge is 2.24. The highest BCUT2D eigenvalue weighted by Crippen LogP contribution is 2.12. The Morgan fingerprint density at radius 1 is 1.44 bits per heavy atom. The van der Waals surface area contributed by atoms with Gasteiger partial charge in [-0.1, -0.05) is 0 Å². The van der Waals surface area contributed by atoms with Gasteiger partial charge in [0.1, 0.15) is 6.54 Å². The lowest BCUT2D eigenvalue weighted by atomic mass is 10.1. The van der Waals surface area contributed by atoms with Crippen molar-refractivity contribution >= 4 is 15.9 Å². The second kappa shape index (κ2) is 6.68. The zero-order chi connectivity index (χ0) is 13.6. The number of carbonyl (C=O) groups is 1. The molecule has 0 aromatic carbocycles. The Kier molecular flexibility index (Phi) is 5.53. The summed E-state index contributed by atoms with van der Waals surface area (Å²) in [4.78, 5) is 11.2. The van der Waals surface area contributed by atoms with E-state index in [0.29, 0.717) is 25.9 Å². The van der Waals surface area contributed by atoms with E-state index < -0.39 is 10.0 Å². The maximum Gasteiger partial charge on any atom is 0.234 e. The van der Waals surface area contributed by atoms with E-state index in [9.17, 15) is 13.2 Å². The molecule has 18 heavy (non-hydrogen) atoms. The van der Waals surface area contributed by atoms with Crippen LogP contribution >= 0.6 is 0 Å². The fraction of sp³-hybridized carbons (Fsp3) is 0.800. The van der Waals surface area contributed by atoms with Crippen LogP contribution in [0.1, 0.15) is 12.8 Å². The van der Waals surface area contributed by atoms with E-state index in [1.54, 1.807) is 0 Å². The molecule has 1 aliphatic rings. The molecular formula is C10H18N4O3S. The number of rotatable bonds is 5. The van der Waals surface area contributed by atoms with E-state index in [0.717, 1.165) is 0 Å². The minimum atomic E-state index is -3.10. The number of nitrogens with zero attached hydrogens (tertiary/aromatic N) is 2. The van der Waals surface area contributed by atoms with E-state index in [-0.39, 0.29) is 25.0 Å². The van der Waals surface area contributed by atoms with Gasteiger partial charge in [-0.15, -0.1) is 0 Å². The van der Waals surface area contributed by atoms with Gasteiger partial charge < -0.3 is 10.6 Å². The molecule has 0 aliphatic carbocycles. The summed E-state index contributed by atoms with van der Waals surface area (Å²) in [5.41, 5.74) is 0. The van der Waals surface area contributed by atoms with E-state index in [2.05, 4.69) is 10.6 Å². The first-order valence-electron chi connectivity index (χ1n) is 5.75. The number of hydrogen-bond donors (Lipinski definition) is 2. The standard InChI is InChI=1S/C10H18N4O3S/c1-18(16,17)14-6-2-9(3-7-14)13-8-10(15)12-5-4-11/h9,13H,2-3,5-8H2,1H3,(H,12,15). The molecule has 0 spiro atoms. The van der Waals surface area contributed by atoms with Crippen molar-refractivity contribution in [3.8, 4) is 6.07 Å². The highest BCUT2D eigenvalue weighted by atomic mass is 32.2. The molecule has 0 bridgehead atoms. The van der Waals surface area contributed by atoms with E-state index in [1.807, 2.05) is 6.07 Å². The number of nitrogens with one attached hydrogen (secondary N) is 2. The number of sulfonamides is 1. The normalized spacial score (nSPS) is 18.2. The lowest BCUT2D eigenvalue weighted by molar-refractivity contribution is -0.120. The number of piperidine rings is 1. The molecule has 102 valence electrons. The average molecular weight is 274 g/mol. The van der Waals surface area contributed by atoms with Gasteiger partial charge in [-0.2, -0.15) is 5.26 Å². The van der Waals surface area contributed by atoms with Crippen LogP contribution < -0.4 is 10.6 Å². The first-order chi connectivity index (χ1) is 8.43. The third-order valence-corrected chi connectivity index (χ3v) is 4.14. The molecule has 1 aliphatic heterocycles. The maximum absolute atomic E-state index is 11.3. The zero-order valence-electron chi connectivity index (χ0n) is 10.3. The molecule has 0 aromatic rings. The van der Waals surface area contributed by atoms with Gasteiger partial charge in [-0.3, -0.25) is 4.79 Å². The Labute approximate surface area is 107 Å². The minimum Gasteiger partial charge on any atom is -0.342 e. The first-order valence-corrected chi connectivity index (χ1v) is 7.60. The summed E-state index contributed by atoms with van der Waals surface area (Å²) >= 11 is 0. The Balaban J connectivity index is 2.24. The Hall–Kier alpha value is -1.17. The average Bonchev–Trinajstić information content (AvgIpc) is 2.33. The molecular weight excluding hydrogens is 256 g/mol. The lowest BCUT2D eigenvalue weighted by Gasteiger charge is -2.30. The van der Waals surface area contributed by atoms with Crippen LogP contribution in [0.5, 0.6) is 0 Å². The van der Waals surface area contributed by atoms with Gasteiger partial charge in [0.15, 0.2) is 0 Å². The van der Waals surface area contributed by atoms with E-state index >= 15 is 0 Å². The van der Waals surface area contributed by atoms with E-state index in [1.165, 1.54) is 10.6 Å². The molecule has 1 rings (SSSR count). The summed E-state index contributed by atoms with van der Waals surface area (Å²) in [7, 11) is -3.10. The van der Waals surface area contributed by atoms with Gasteiger partial charge in [0.2, 0.25) is 15.9 Å². The van der Waals surface area contributed by atoms with Crippen LogP contribution in [0.2, 0.25) is 0 Å². The summed E-state index contributed by atoms with van der Waals surface area (Å²) in [5, 5.41) is 13.8. The van der Waals surface area contributed by atoms with Gasteiger partial charge in [-0.25, -0.2) is 12.7 Å². The van der Waals surface area contributed by atoms with Crippen molar-refractivity contribution < 1.29 is 13.2 Å². The second-order valence-electron chi connectivity index (χ2n) is 4.25. The number of amides is 1. The van der Waals surface area contributed by atoms with Gasteiger partial charge in [0.05, 0.1) is 18.9 Å². The quantitative estimate of drug-likeness (QED) is 0.603. The van der Waals surface area contributed by atoms with Crippen LogP contribution in [0.3, 0.4) is 0 Å². The summed E-state index contributed by atoms with van der Waals surface area (Å²) in [6.45, 7) is 1.13. The molecule has 2 N–H and O–H groups in total.